The first-order valence-corrected chi connectivity index (χ1v) is 9.49. The number of benzene rings is 2. The molecule has 0 saturated carbocycles. The summed E-state index contributed by atoms with van der Waals surface area (Å²) in [6.07, 6.45) is 3.63. The second kappa shape index (κ2) is 7.36. The number of fused-ring (bicyclic) bond motifs is 1. The van der Waals surface area contributed by atoms with Gasteiger partial charge in [0, 0.05) is 35.4 Å². The molecule has 1 N–H and O–H groups in total. The predicted octanol–water partition coefficient (Wildman–Crippen LogP) is 3.85. The molecule has 1 saturated heterocycles. The van der Waals surface area contributed by atoms with Crippen molar-refractivity contribution >= 4 is 51.5 Å². The number of aryl methyl sites for hydroxylation is 1. The van der Waals surface area contributed by atoms with E-state index in [-0.39, 0.29) is 6.54 Å². The van der Waals surface area contributed by atoms with Gasteiger partial charge in [-0.25, -0.2) is 0 Å². The maximum absolute atomic E-state index is 12.7. The SMILES string of the molecule is Cn1cc(C=C2SC(=O)N(CC(=O)Nc3ccccc3)C2=O)c2ccccc21. The molecular formula is C21H17N3O3S. The standard InChI is InChI=1S/C21H17N3O3S/c1-23-12-14(16-9-5-6-10-17(16)23)11-18-20(26)24(21(27)28-18)13-19(25)22-15-7-3-2-4-8-15/h2-12H,13H2,1H3,(H,22,25). The van der Waals surface area contributed by atoms with Gasteiger partial charge < -0.3 is 9.88 Å². The molecule has 0 spiro atoms. The van der Waals surface area contributed by atoms with E-state index in [0.29, 0.717) is 10.6 Å². The first-order chi connectivity index (χ1) is 13.5. The van der Waals surface area contributed by atoms with Crippen LogP contribution >= 0.6 is 11.8 Å². The van der Waals surface area contributed by atoms with E-state index in [1.807, 2.05) is 48.1 Å². The van der Waals surface area contributed by atoms with E-state index in [1.165, 1.54) is 0 Å². The monoisotopic (exact) mass is 391 g/mol. The van der Waals surface area contributed by atoms with Crippen LogP contribution in [0.25, 0.3) is 17.0 Å². The van der Waals surface area contributed by atoms with Gasteiger partial charge in [0.2, 0.25) is 5.91 Å². The molecule has 0 atom stereocenters. The molecule has 1 aliphatic rings. The molecule has 1 fully saturated rings. The highest BCUT2D eigenvalue weighted by molar-refractivity contribution is 8.18. The molecule has 3 amide bonds. The predicted molar refractivity (Wildman–Crippen MR) is 111 cm³/mol. The van der Waals surface area contributed by atoms with Crippen LogP contribution < -0.4 is 5.32 Å². The molecule has 28 heavy (non-hydrogen) atoms. The zero-order valence-electron chi connectivity index (χ0n) is 15.1. The highest BCUT2D eigenvalue weighted by atomic mass is 32.2. The number of imide groups is 1. The van der Waals surface area contributed by atoms with Gasteiger partial charge in [-0.1, -0.05) is 36.4 Å². The Morgan fingerprint density at radius 2 is 1.79 bits per heavy atom. The fourth-order valence-corrected chi connectivity index (χ4v) is 3.96. The van der Waals surface area contributed by atoms with Crippen LogP contribution in [0.15, 0.2) is 65.7 Å². The molecule has 2 heterocycles. The first-order valence-electron chi connectivity index (χ1n) is 8.67. The summed E-state index contributed by atoms with van der Waals surface area (Å²) in [6, 6.07) is 16.8. The highest BCUT2D eigenvalue weighted by Gasteiger charge is 2.36. The zero-order chi connectivity index (χ0) is 19.7. The molecule has 0 unspecified atom stereocenters. The molecule has 1 aromatic heterocycles. The number of carbonyl (C=O) groups excluding carboxylic acids is 3. The van der Waals surface area contributed by atoms with E-state index in [1.54, 1.807) is 30.3 Å². The van der Waals surface area contributed by atoms with Gasteiger partial charge in [0.25, 0.3) is 11.1 Å². The van der Waals surface area contributed by atoms with Crippen LogP contribution in [0, 0.1) is 0 Å². The van der Waals surface area contributed by atoms with Gasteiger partial charge in [-0.3, -0.25) is 19.3 Å². The van der Waals surface area contributed by atoms with Crippen LogP contribution in [0.2, 0.25) is 0 Å². The Labute approximate surface area is 165 Å². The lowest BCUT2D eigenvalue weighted by Crippen LogP contribution is -2.36. The van der Waals surface area contributed by atoms with Crippen LogP contribution in [0.3, 0.4) is 0 Å². The Balaban J connectivity index is 1.53. The van der Waals surface area contributed by atoms with E-state index in [9.17, 15) is 14.4 Å². The minimum atomic E-state index is -0.453. The van der Waals surface area contributed by atoms with E-state index < -0.39 is 17.1 Å². The number of rotatable bonds is 4. The number of para-hydroxylation sites is 2. The zero-order valence-corrected chi connectivity index (χ0v) is 15.9. The quantitative estimate of drug-likeness (QED) is 0.686. The average molecular weight is 391 g/mol. The Hall–Kier alpha value is -3.32. The summed E-state index contributed by atoms with van der Waals surface area (Å²) in [5.41, 5.74) is 2.51. The summed E-state index contributed by atoms with van der Waals surface area (Å²) in [5.74, 6) is -0.869. The van der Waals surface area contributed by atoms with Gasteiger partial charge >= 0.3 is 0 Å². The van der Waals surface area contributed by atoms with Gasteiger partial charge in [0.15, 0.2) is 0 Å². The number of thioether (sulfide) groups is 1. The lowest BCUT2D eigenvalue weighted by molar-refractivity contribution is -0.127. The Bertz CT molecular complexity index is 1120. The fourth-order valence-electron chi connectivity index (χ4n) is 3.13. The highest BCUT2D eigenvalue weighted by Crippen LogP contribution is 2.33. The van der Waals surface area contributed by atoms with Crippen molar-refractivity contribution in [2.75, 3.05) is 11.9 Å². The molecule has 0 aliphatic carbocycles. The van der Waals surface area contributed by atoms with E-state index in [4.69, 9.17) is 0 Å². The minimum absolute atomic E-state index is 0.313. The largest absolute Gasteiger partial charge is 0.350 e. The van der Waals surface area contributed by atoms with Gasteiger partial charge in [-0.05, 0) is 36.0 Å². The van der Waals surface area contributed by atoms with E-state index in [2.05, 4.69) is 5.32 Å². The van der Waals surface area contributed by atoms with Crippen molar-refractivity contribution in [3.63, 3.8) is 0 Å². The third-order valence-corrected chi connectivity index (χ3v) is 5.35. The summed E-state index contributed by atoms with van der Waals surface area (Å²) >= 11 is 0.852. The van der Waals surface area contributed by atoms with Crippen LogP contribution in [0.5, 0.6) is 0 Å². The number of hydrogen-bond acceptors (Lipinski definition) is 4. The Morgan fingerprint density at radius 3 is 2.57 bits per heavy atom. The molecule has 140 valence electrons. The van der Waals surface area contributed by atoms with Crippen molar-refractivity contribution in [2.24, 2.45) is 7.05 Å². The van der Waals surface area contributed by atoms with Crippen molar-refractivity contribution in [2.45, 2.75) is 0 Å². The molecule has 4 rings (SSSR count). The Kier molecular flexibility index (Phi) is 4.75. The molecule has 2 aromatic carbocycles. The van der Waals surface area contributed by atoms with Gasteiger partial charge in [-0.15, -0.1) is 0 Å². The first kappa shape index (κ1) is 18.1. The molecule has 0 radical (unpaired) electrons. The third-order valence-electron chi connectivity index (χ3n) is 4.45. The molecule has 7 heteroatoms. The maximum Gasteiger partial charge on any atom is 0.294 e. The molecule has 6 nitrogen and oxygen atoms in total. The smallest absolute Gasteiger partial charge is 0.294 e. The molecule has 1 aliphatic heterocycles. The lowest BCUT2D eigenvalue weighted by atomic mass is 10.1. The van der Waals surface area contributed by atoms with Crippen LogP contribution in [0.4, 0.5) is 10.5 Å². The average Bonchev–Trinajstić information content (AvgIpc) is 3.14. The van der Waals surface area contributed by atoms with Crippen LogP contribution in [0.1, 0.15) is 5.56 Å². The van der Waals surface area contributed by atoms with Gasteiger partial charge in [0.1, 0.15) is 6.54 Å². The molecule has 0 bridgehead atoms. The van der Waals surface area contributed by atoms with Gasteiger partial charge in [0.05, 0.1) is 4.91 Å². The van der Waals surface area contributed by atoms with Crippen molar-refractivity contribution < 1.29 is 14.4 Å². The molecular weight excluding hydrogens is 374 g/mol. The number of aromatic nitrogens is 1. The maximum atomic E-state index is 12.7. The summed E-state index contributed by atoms with van der Waals surface area (Å²) in [6.45, 7) is -0.313. The van der Waals surface area contributed by atoms with Crippen molar-refractivity contribution in [1.82, 2.24) is 9.47 Å². The van der Waals surface area contributed by atoms with Crippen LogP contribution in [-0.2, 0) is 16.6 Å². The fraction of sp³-hybridized carbons (Fsp3) is 0.0952. The normalized spacial score (nSPS) is 15.6. The number of amides is 3. The van der Waals surface area contributed by atoms with Crippen molar-refractivity contribution in [1.29, 1.82) is 0 Å². The summed E-state index contributed by atoms with van der Waals surface area (Å²) in [7, 11) is 1.93. The second-order valence-corrected chi connectivity index (χ2v) is 7.39. The summed E-state index contributed by atoms with van der Waals surface area (Å²) in [5, 5.41) is 3.24. The minimum Gasteiger partial charge on any atom is -0.350 e. The van der Waals surface area contributed by atoms with Crippen molar-refractivity contribution in [3.8, 4) is 0 Å². The van der Waals surface area contributed by atoms with Crippen LogP contribution in [-0.4, -0.2) is 33.1 Å². The number of nitrogens with zero attached hydrogens (tertiary/aromatic N) is 2. The Morgan fingerprint density at radius 1 is 1.07 bits per heavy atom. The number of anilines is 1. The number of hydrogen-bond donors (Lipinski definition) is 1. The van der Waals surface area contributed by atoms with Crippen molar-refractivity contribution in [3.05, 3.63) is 71.3 Å². The lowest BCUT2D eigenvalue weighted by Gasteiger charge is -2.12. The summed E-state index contributed by atoms with van der Waals surface area (Å²) < 4.78 is 1.97. The summed E-state index contributed by atoms with van der Waals surface area (Å²) in [4.78, 5) is 38.5. The number of nitrogens with one attached hydrogen (secondary N) is 1. The number of carbonyl (C=O) groups is 3. The molecule has 3 aromatic rings. The third kappa shape index (κ3) is 3.44. The van der Waals surface area contributed by atoms with Gasteiger partial charge in [-0.2, -0.15) is 0 Å². The topological polar surface area (TPSA) is 71.4 Å². The van der Waals surface area contributed by atoms with E-state index >= 15 is 0 Å². The second-order valence-electron chi connectivity index (χ2n) is 6.39. The van der Waals surface area contributed by atoms with E-state index in [0.717, 1.165) is 33.1 Å².